The van der Waals surface area contributed by atoms with Crippen molar-refractivity contribution < 1.29 is 0 Å². The van der Waals surface area contributed by atoms with Gasteiger partial charge in [-0.1, -0.05) is 18.2 Å². The van der Waals surface area contributed by atoms with Gasteiger partial charge in [-0.3, -0.25) is 9.88 Å². The van der Waals surface area contributed by atoms with E-state index in [1.807, 2.05) is 47.4 Å². The van der Waals surface area contributed by atoms with Gasteiger partial charge in [0.1, 0.15) is 0 Å². The van der Waals surface area contributed by atoms with Crippen LogP contribution in [0.15, 0.2) is 61.1 Å². The van der Waals surface area contributed by atoms with Crippen molar-refractivity contribution in [2.45, 2.75) is 38.4 Å². The van der Waals surface area contributed by atoms with E-state index in [-0.39, 0.29) is 0 Å². The van der Waals surface area contributed by atoms with E-state index in [1.165, 1.54) is 18.4 Å². The van der Waals surface area contributed by atoms with Crippen molar-refractivity contribution in [1.82, 2.24) is 25.0 Å². The van der Waals surface area contributed by atoms with Crippen LogP contribution in [-0.2, 0) is 6.54 Å². The van der Waals surface area contributed by atoms with Crippen LogP contribution in [0, 0.1) is 0 Å². The fraction of sp³-hybridized carbons (Fsp3) is 0.364. The van der Waals surface area contributed by atoms with Crippen LogP contribution in [0.25, 0.3) is 16.9 Å². The van der Waals surface area contributed by atoms with Crippen molar-refractivity contribution in [3.05, 3.63) is 66.6 Å². The van der Waals surface area contributed by atoms with Gasteiger partial charge in [0.25, 0.3) is 0 Å². The van der Waals surface area contributed by atoms with Gasteiger partial charge < -0.3 is 5.32 Å². The summed E-state index contributed by atoms with van der Waals surface area (Å²) >= 11 is 0. The number of benzene rings is 1. The molecule has 0 amide bonds. The lowest BCUT2D eigenvalue weighted by atomic mass is 10.1. The molecule has 5 nitrogen and oxygen atoms in total. The molecular weight excluding hydrogens is 334 g/mol. The van der Waals surface area contributed by atoms with Gasteiger partial charge in [-0.25, -0.2) is 4.68 Å². The van der Waals surface area contributed by atoms with Gasteiger partial charge in [-0.15, -0.1) is 0 Å². The van der Waals surface area contributed by atoms with Gasteiger partial charge in [0, 0.05) is 54.9 Å². The van der Waals surface area contributed by atoms with Crippen LogP contribution in [0.5, 0.6) is 0 Å². The monoisotopic (exact) mass is 361 g/mol. The number of nitrogens with one attached hydrogen (secondary N) is 1. The summed E-state index contributed by atoms with van der Waals surface area (Å²) in [6.07, 6.45) is 8.46. The third kappa shape index (κ3) is 4.26. The first-order chi connectivity index (χ1) is 13.2. The van der Waals surface area contributed by atoms with E-state index in [0.717, 1.165) is 36.1 Å². The van der Waals surface area contributed by atoms with E-state index in [4.69, 9.17) is 5.10 Å². The second-order valence-corrected chi connectivity index (χ2v) is 7.40. The minimum Gasteiger partial charge on any atom is -0.311 e. The molecule has 1 N–H and O–H groups in total. The van der Waals surface area contributed by atoms with Crippen molar-refractivity contribution in [3.8, 4) is 16.9 Å². The highest BCUT2D eigenvalue weighted by molar-refractivity contribution is 5.62. The molecule has 0 bridgehead atoms. The van der Waals surface area contributed by atoms with Crippen LogP contribution in [0.4, 0.5) is 0 Å². The third-order valence-corrected chi connectivity index (χ3v) is 5.34. The minimum atomic E-state index is 0.533. The first-order valence-electron chi connectivity index (χ1n) is 9.69. The summed E-state index contributed by atoms with van der Waals surface area (Å²) in [7, 11) is 2.24. The Balaban J connectivity index is 1.52. The number of hydrogen-bond acceptors (Lipinski definition) is 4. The molecule has 2 heterocycles. The molecule has 4 rings (SSSR count). The van der Waals surface area contributed by atoms with Crippen LogP contribution in [-0.4, -0.2) is 45.3 Å². The van der Waals surface area contributed by atoms with E-state index in [9.17, 15) is 0 Å². The molecule has 1 aliphatic carbocycles. The summed E-state index contributed by atoms with van der Waals surface area (Å²) < 4.78 is 1.96. The summed E-state index contributed by atoms with van der Waals surface area (Å²) in [5.74, 6) is 0. The number of rotatable bonds is 8. The molecule has 1 saturated carbocycles. The molecule has 140 valence electrons. The third-order valence-electron chi connectivity index (χ3n) is 5.34. The van der Waals surface area contributed by atoms with Gasteiger partial charge in [-0.2, -0.15) is 5.10 Å². The topological polar surface area (TPSA) is 46.0 Å². The predicted octanol–water partition coefficient (Wildman–Crippen LogP) is 3.51. The normalized spacial score (nSPS) is 15.2. The number of para-hydroxylation sites is 1. The van der Waals surface area contributed by atoms with Crippen LogP contribution in [0.1, 0.15) is 25.3 Å². The summed E-state index contributed by atoms with van der Waals surface area (Å²) in [6.45, 7) is 4.06. The summed E-state index contributed by atoms with van der Waals surface area (Å²) in [5, 5.41) is 8.49. The molecule has 2 aromatic heterocycles. The minimum absolute atomic E-state index is 0.533. The number of hydrogen-bond donors (Lipinski definition) is 1. The van der Waals surface area contributed by atoms with Gasteiger partial charge >= 0.3 is 0 Å². The van der Waals surface area contributed by atoms with Crippen molar-refractivity contribution in [2.24, 2.45) is 0 Å². The largest absolute Gasteiger partial charge is 0.311 e. The molecule has 1 unspecified atom stereocenters. The average molecular weight is 361 g/mol. The maximum Gasteiger partial charge on any atom is 0.0973 e. The van der Waals surface area contributed by atoms with Crippen molar-refractivity contribution in [3.63, 3.8) is 0 Å². The van der Waals surface area contributed by atoms with Crippen molar-refractivity contribution in [2.75, 3.05) is 13.6 Å². The SMILES string of the molecule is CC(CNCc1cn(-c2ccccc2)nc1-c1ccncc1)N(C)C1CC1. The Morgan fingerprint density at radius 1 is 1.15 bits per heavy atom. The molecule has 1 aliphatic rings. The molecule has 1 fully saturated rings. The van der Waals surface area contributed by atoms with Gasteiger partial charge in [0.05, 0.1) is 11.4 Å². The molecule has 0 saturated heterocycles. The highest BCUT2D eigenvalue weighted by Crippen LogP contribution is 2.27. The molecule has 0 spiro atoms. The molecule has 0 radical (unpaired) electrons. The fourth-order valence-electron chi connectivity index (χ4n) is 3.41. The highest BCUT2D eigenvalue weighted by Gasteiger charge is 2.28. The Labute approximate surface area is 161 Å². The Morgan fingerprint density at radius 2 is 1.89 bits per heavy atom. The Bertz CT molecular complexity index is 855. The number of pyridine rings is 1. The average Bonchev–Trinajstić information content (AvgIpc) is 3.48. The second kappa shape index (κ2) is 8.03. The predicted molar refractivity (Wildman–Crippen MR) is 109 cm³/mol. The molecule has 1 atom stereocenters. The standard InChI is InChI=1S/C22H27N5/c1-17(26(2)20-8-9-20)14-24-15-19-16-27(21-6-4-3-5-7-21)25-22(19)18-10-12-23-13-11-18/h3-7,10-13,16-17,20,24H,8-9,14-15H2,1-2H3. The van der Waals surface area contributed by atoms with E-state index in [2.05, 4.69) is 47.5 Å². The highest BCUT2D eigenvalue weighted by atomic mass is 15.3. The Kier molecular flexibility index (Phi) is 5.32. The van der Waals surface area contributed by atoms with Gasteiger partial charge in [0.15, 0.2) is 0 Å². The van der Waals surface area contributed by atoms with E-state index >= 15 is 0 Å². The zero-order chi connectivity index (χ0) is 18.6. The van der Waals surface area contributed by atoms with E-state index < -0.39 is 0 Å². The zero-order valence-electron chi connectivity index (χ0n) is 16.0. The second-order valence-electron chi connectivity index (χ2n) is 7.40. The number of aromatic nitrogens is 3. The molecular formula is C22H27N5. The van der Waals surface area contributed by atoms with Gasteiger partial charge in [0.2, 0.25) is 0 Å². The van der Waals surface area contributed by atoms with Gasteiger partial charge in [-0.05, 0) is 51.1 Å². The summed E-state index contributed by atoms with van der Waals surface area (Å²) in [6, 6.07) is 15.6. The Morgan fingerprint density at radius 3 is 2.59 bits per heavy atom. The van der Waals surface area contributed by atoms with E-state index in [1.54, 1.807) is 0 Å². The quantitative estimate of drug-likeness (QED) is 0.667. The molecule has 0 aliphatic heterocycles. The lowest BCUT2D eigenvalue weighted by Gasteiger charge is -2.24. The maximum atomic E-state index is 4.86. The summed E-state index contributed by atoms with van der Waals surface area (Å²) in [5.41, 5.74) is 4.38. The number of nitrogens with zero attached hydrogens (tertiary/aromatic N) is 4. The van der Waals surface area contributed by atoms with Crippen LogP contribution in [0.3, 0.4) is 0 Å². The maximum absolute atomic E-state index is 4.86. The fourth-order valence-corrected chi connectivity index (χ4v) is 3.41. The van der Waals surface area contributed by atoms with Crippen molar-refractivity contribution in [1.29, 1.82) is 0 Å². The van der Waals surface area contributed by atoms with Crippen LogP contribution < -0.4 is 5.32 Å². The van der Waals surface area contributed by atoms with Crippen molar-refractivity contribution >= 4 is 0 Å². The first-order valence-corrected chi connectivity index (χ1v) is 9.69. The first kappa shape index (κ1) is 17.9. The summed E-state index contributed by atoms with van der Waals surface area (Å²) in [4.78, 5) is 6.63. The molecule has 1 aromatic carbocycles. The lowest BCUT2D eigenvalue weighted by Crippen LogP contribution is -2.38. The van der Waals surface area contributed by atoms with E-state index in [0.29, 0.717) is 6.04 Å². The smallest absolute Gasteiger partial charge is 0.0973 e. The lowest BCUT2D eigenvalue weighted by molar-refractivity contribution is 0.241. The molecule has 5 heteroatoms. The number of likely N-dealkylation sites (N-methyl/N-ethyl adjacent to an activating group) is 1. The van der Waals surface area contributed by atoms with Crippen LogP contribution in [0.2, 0.25) is 0 Å². The molecule has 3 aromatic rings. The van der Waals surface area contributed by atoms with Crippen LogP contribution >= 0.6 is 0 Å². The zero-order valence-corrected chi connectivity index (χ0v) is 16.0. The Hall–Kier alpha value is -2.50. The molecule has 27 heavy (non-hydrogen) atoms.